The second-order valence-corrected chi connectivity index (χ2v) is 5.03. The molecule has 0 fully saturated rings. The number of carboxylic acid groups (broad SMARTS) is 1. The Bertz CT molecular complexity index is 459. The fourth-order valence-corrected chi connectivity index (χ4v) is 1.89. The number of nitrogens with one attached hydrogen (secondary N) is 1. The fraction of sp³-hybridized carbons (Fsp3) is 0.714. The summed E-state index contributed by atoms with van der Waals surface area (Å²) >= 11 is 0. The molecule has 0 spiro atoms. The predicted molar refractivity (Wildman–Crippen MR) is 75.7 cm³/mol. The number of aromatic nitrogens is 2. The number of carbonyl (C=O) groups excluding carboxylic acids is 1. The second-order valence-electron chi connectivity index (χ2n) is 5.03. The molecule has 0 radical (unpaired) electrons. The molecule has 0 bridgehead atoms. The minimum Gasteiger partial charge on any atom is -0.481 e. The zero-order valence-corrected chi connectivity index (χ0v) is 12.6. The Morgan fingerprint density at radius 3 is 2.71 bits per heavy atom. The third kappa shape index (κ3) is 6.87. The van der Waals surface area contributed by atoms with Gasteiger partial charge < -0.3 is 14.9 Å². The molecular weight excluding hydrogens is 274 g/mol. The lowest BCUT2D eigenvalue weighted by atomic mass is 10.0. The van der Waals surface area contributed by atoms with Gasteiger partial charge in [0.05, 0.1) is 0 Å². The van der Waals surface area contributed by atoms with Crippen molar-refractivity contribution in [1.29, 1.82) is 0 Å². The van der Waals surface area contributed by atoms with E-state index < -0.39 is 5.97 Å². The average Bonchev–Trinajstić information content (AvgIpc) is 2.89. The summed E-state index contributed by atoms with van der Waals surface area (Å²) in [5.41, 5.74) is 0. The van der Waals surface area contributed by atoms with E-state index in [1.807, 2.05) is 13.8 Å². The van der Waals surface area contributed by atoms with E-state index >= 15 is 0 Å². The molecule has 7 nitrogen and oxygen atoms in total. The average molecular weight is 297 g/mol. The van der Waals surface area contributed by atoms with Gasteiger partial charge in [-0.1, -0.05) is 25.4 Å². The quantitative estimate of drug-likeness (QED) is 0.679. The second kappa shape index (κ2) is 9.10. The zero-order chi connectivity index (χ0) is 15.7. The molecule has 0 saturated carbocycles. The summed E-state index contributed by atoms with van der Waals surface area (Å²) in [6, 6.07) is 0. The summed E-state index contributed by atoms with van der Waals surface area (Å²) in [5.74, 6) is 0.122. The maximum atomic E-state index is 11.7. The van der Waals surface area contributed by atoms with Gasteiger partial charge in [0.25, 0.3) is 0 Å². The minimum absolute atomic E-state index is 0.0361. The molecule has 7 heteroatoms. The Labute approximate surface area is 124 Å². The van der Waals surface area contributed by atoms with Crippen LogP contribution in [0.15, 0.2) is 4.52 Å². The number of carboxylic acids is 1. The van der Waals surface area contributed by atoms with Crippen LogP contribution in [0.1, 0.15) is 51.2 Å². The van der Waals surface area contributed by atoms with E-state index in [-0.39, 0.29) is 24.7 Å². The highest BCUT2D eigenvalue weighted by Crippen LogP contribution is 2.07. The van der Waals surface area contributed by atoms with E-state index in [0.29, 0.717) is 24.7 Å². The van der Waals surface area contributed by atoms with Crippen LogP contribution in [0.25, 0.3) is 0 Å². The molecule has 0 saturated heterocycles. The van der Waals surface area contributed by atoms with E-state index in [4.69, 9.17) is 9.63 Å². The molecule has 1 aromatic rings. The number of hydrogen-bond donors (Lipinski definition) is 2. The SMILES string of the molecule is CCCc1noc(CCC(=O)NCC(CC)CC(=O)O)n1. The van der Waals surface area contributed by atoms with E-state index in [1.54, 1.807) is 0 Å². The molecular formula is C14H23N3O4. The van der Waals surface area contributed by atoms with Crippen molar-refractivity contribution in [3.63, 3.8) is 0 Å². The van der Waals surface area contributed by atoms with Crippen LogP contribution in [0.3, 0.4) is 0 Å². The molecule has 1 heterocycles. The van der Waals surface area contributed by atoms with Crippen molar-refractivity contribution in [2.45, 2.75) is 52.4 Å². The van der Waals surface area contributed by atoms with Gasteiger partial charge in [0.2, 0.25) is 11.8 Å². The maximum Gasteiger partial charge on any atom is 0.303 e. The van der Waals surface area contributed by atoms with Gasteiger partial charge in [-0.2, -0.15) is 4.98 Å². The lowest BCUT2D eigenvalue weighted by Crippen LogP contribution is -2.30. The molecule has 118 valence electrons. The van der Waals surface area contributed by atoms with Crippen LogP contribution >= 0.6 is 0 Å². The van der Waals surface area contributed by atoms with Gasteiger partial charge in [0.1, 0.15) is 0 Å². The Balaban J connectivity index is 2.28. The summed E-state index contributed by atoms with van der Waals surface area (Å²) in [5, 5.41) is 15.3. The van der Waals surface area contributed by atoms with Crippen molar-refractivity contribution in [1.82, 2.24) is 15.5 Å². The monoisotopic (exact) mass is 297 g/mol. The molecule has 1 rings (SSSR count). The summed E-state index contributed by atoms with van der Waals surface area (Å²) in [4.78, 5) is 26.5. The van der Waals surface area contributed by atoms with Crippen LogP contribution < -0.4 is 5.32 Å². The van der Waals surface area contributed by atoms with Crippen molar-refractivity contribution >= 4 is 11.9 Å². The summed E-state index contributed by atoms with van der Waals surface area (Å²) in [6.07, 6.45) is 3.16. The Morgan fingerprint density at radius 1 is 1.33 bits per heavy atom. The molecule has 0 aliphatic rings. The Hall–Kier alpha value is -1.92. The molecule has 2 N–H and O–H groups in total. The van der Waals surface area contributed by atoms with E-state index in [1.165, 1.54) is 0 Å². The van der Waals surface area contributed by atoms with Crippen LogP contribution in [0.4, 0.5) is 0 Å². The van der Waals surface area contributed by atoms with Gasteiger partial charge >= 0.3 is 5.97 Å². The van der Waals surface area contributed by atoms with E-state index in [0.717, 1.165) is 19.3 Å². The molecule has 1 aromatic heterocycles. The highest BCUT2D eigenvalue weighted by molar-refractivity contribution is 5.76. The van der Waals surface area contributed by atoms with Gasteiger partial charge in [-0.3, -0.25) is 9.59 Å². The largest absolute Gasteiger partial charge is 0.481 e. The summed E-state index contributed by atoms with van der Waals surface area (Å²) in [6.45, 7) is 4.32. The smallest absolute Gasteiger partial charge is 0.303 e. The highest BCUT2D eigenvalue weighted by Gasteiger charge is 2.13. The maximum absolute atomic E-state index is 11.7. The van der Waals surface area contributed by atoms with Gasteiger partial charge in [-0.05, 0) is 12.3 Å². The molecule has 0 aromatic carbocycles. The minimum atomic E-state index is -0.842. The topological polar surface area (TPSA) is 105 Å². The van der Waals surface area contributed by atoms with Crippen LogP contribution in [-0.2, 0) is 22.4 Å². The highest BCUT2D eigenvalue weighted by atomic mass is 16.5. The number of aryl methyl sites for hydroxylation is 2. The molecule has 1 atom stereocenters. The molecule has 1 amide bonds. The van der Waals surface area contributed by atoms with Crippen LogP contribution in [0.5, 0.6) is 0 Å². The third-order valence-corrected chi connectivity index (χ3v) is 3.18. The standard InChI is InChI=1S/C14H23N3O4/c1-3-5-11-16-13(21-17-11)7-6-12(18)15-9-10(4-2)8-14(19)20/h10H,3-9H2,1-2H3,(H,15,18)(H,19,20). The molecule has 0 aliphatic carbocycles. The molecule has 0 aliphatic heterocycles. The predicted octanol–water partition coefficient (Wildman–Crippen LogP) is 1.57. The number of carbonyl (C=O) groups is 2. The first-order chi connectivity index (χ1) is 10.0. The fourth-order valence-electron chi connectivity index (χ4n) is 1.89. The van der Waals surface area contributed by atoms with Crippen molar-refractivity contribution < 1.29 is 19.2 Å². The normalized spacial score (nSPS) is 12.1. The molecule has 21 heavy (non-hydrogen) atoms. The van der Waals surface area contributed by atoms with Crippen molar-refractivity contribution in [3.05, 3.63) is 11.7 Å². The van der Waals surface area contributed by atoms with Gasteiger partial charge in [-0.25, -0.2) is 0 Å². The first-order valence-electron chi connectivity index (χ1n) is 7.35. The Morgan fingerprint density at radius 2 is 2.10 bits per heavy atom. The lowest BCUT2D eigenvalue weighted by Gasteiger charge is -2.12. The lowest BCUT2D eigenvalue weighted by molar-refractivity contribution is -0.138. The number of aliphatic carboxylic acids is 1. The third-order valence-electron chi connectivity index (χ3n) is 3.18. The number of nitrogens with zero attached hydrogens (tertiary/aromatic N) is 2. The van der Waals surface area contributed by atoms with Gasteiger partial charge in [0.15, 0.2) is 5.82 Å². The van der Waals surface area contributed by atoms with Gasteiger partial charge in [0, 0.05) is 32.2 Å². The summed E-state index contributed by atoms with van der Waals surface area (Å²) in [7, 11) is 0. The first-order valence-corrected chi connectivity index (χ1v) is 7.35. The Kier molecular flexibility index (Phi) is 7.42. The van der Waals surface area contributed by atoms with Crippen LogP contribution in [0.2, 0.25) is 0 Å². The van der Waals surface area contributed by atoms with Crippen molar-refractivity contribution in [2.75, 3.05) is 6.54 Å². The first kappa shape index (κ1) is 17.1. The van der Waals surface area contributed by atoms with E-state index in [9.17, 15) is 9.59 Å². The zero-order valence-electron chi connectivity index (χ0n) is 12.6. The van der Waals surface area contributed by atoms with E-state index in [2.05, 4.69) is 15.5 Å². The molecule has 1 unspecified atom stereocenters. The van der Waals surface area contributed by atoms with Crippen LogP contribution in [-0.4, -0.2) is 33.7 Å². The van der Waals surface area contributed by atoms with Crippen molar-refractivity contribution in [2.24, 2.45) is 5.92 Å². The number of rotatable bonds is 10. The number of amides is 1. The number of hydrogen-bond acceptors (Lipinski definition) is 5. The van der Waals surface area contributed by atoms with Crippen LogP contribution in [0, 0.1) is 5.92 Å². The summed E-state index contributed by atoms with van der Waals surface area (Å²) < 4.78 is 5.05. The van der Waals surface area contributed by atoms with Gasteiger partial charge in [-0.15, -0.1) is 0 Å². The van der Waals surface area contributed by atoms with Crippen molar-refractivity contribution in [3.8, 4) is 0 Å².